The summed E-state index contributed by atoms with van der Waals surface area (Å²) in [5.74, 6) is -0.198. The van der Waals surface area contributed by atoms with Crippen molar-refractivity contribution in [3.05, 3.63) is 96.1 Å². The SMILES string of the molecule is CCN(C(=O)c1ccc(NC(=O)CNC(C)c2ccccc2)cc1)c1ccccc1. The van der Waals surface area contributed by atoms with Crippen LogP contribution in [-0.4, -0.2) is 24.9 Å². The first-order chi connectivity index (χ1) is 14.6. The van der Waals surface area contributed by atoms with E-state index in [0.717, 1.165) is 11.3 Å². The van der Waals surface area contributed by atoms with Crippen LogP contribution in [0.15, 0.2) is 84.9 Å². The van der Waals surface area contributed by atoms with Gasteiger partial charge in [-0.1, -0.05) is 48.5 Å². The predicted octanol–water partition coefficient (Wildman–Crippen LogP) is 4.64. The first-order valence-corrected chi connectivity index (χ1v) is 10.1. The van der Waals surface area contributed by atoms with Crippen LogP contribution in [0.5, 0.6) is 0 Å². The van der Waals surface area contributed by atoms with Gasteiger partial charge in [-0.3, -0.25) is 9.59 Å². The minimum atomic E-state index is -0.128. The van der Waals surface area contributed by atoms with E-state index in [9.17, 15) is 9.59 Å². The number of rotatable bonds is 8. The lowest BCUT2D eigenvalue weighted by Gasteiger charge is -2.21. The zero-order valence-corrected chi connectivity index (χ0v) is 17.3. The van der Waals surface area contributed by atoms with Gasteiger partial charge in [-0.25, -0.2) is 0 Å². The summed E-state index contributed by atoms with van der Waals surface area (Å²) in [6.45, 7) is 4.75. The Balaban J connectivity index is 1.56. The van der Waals surface area contributed by atoms with Gasteiger partial charge in [0.05, 0.1) is 6.54 Å². The lowest BCUT2D eigenvalue weighted by atomic mass is 10.1. The zero-order chi connectivity index (χ0) is 21.3. The molecule has 30 heavy (non-hydrogen) atoms. The average Bonchev–Trinajstić information content (AvgIpc) is 2.79. The van der Waals surface area contributed by atoms with Gasteiger partial charge in [-0.05, 0) is 55.8 Å². The Morgan fingerprint density at radius 2 is 1.47 bits per heavy atom. The van der Waals surface area contributed by atoms with Crippen molar-refractivity contribution in [1.29, 1.82) is 0 Å². The van der Waals surface area contributed by atoms with Gasteiger partial charge >= 0.3 is 0 Å². The highest BCUT2D eigenvalue weighted by Gasteiger charge is 2.16. The van der Waals surface area contributed by atoms with Crippen molar-refractivity contribution in [3.63, 3.8) is 0 Å². The minimum absolute atomic E-state index is 0.0695. The summed E-state index contributed by atoms with van der Waals surface area (Å²) in [6.07, 6.45) is 0. The summed E-state index contributed by atoms with van der Waals surface area (Å²) >= 11 is 0. The van der Waals surface area contributed by atoms with Crippen LogP contribution < -0.4 is 15.5 Å². The molecule has 0 fully saturated rings. The maximum atomic E-state index is 12.9. The maximum Gasteiger partial charge on any atom is 0.258 e. The van der Waals surface area contributed by atoms with Gasteiger partial charge in [0.2, 0.25) is 5.91 Å². The molecule has 5 heteroatoms. The molecule has 154 valence electrons. The van der Waals surface area contributed by atoms with Crippen LogP contribution in [0.3, 0.4) is 0 Å². The number of benzene rings is 3. The summed E-state index contributed by atoms with van der Waals surface area (Å²) < 4.78 is 0. The van der Waals surface area contributed by atoms with Gasteiger partial charge in [-0.2, -0.15) is 0 Å². The smallest absolute Gasteiger partial charge is 0.258 e. The van der Waals surface area contributed by atoms with Crippen molar-refractivity contribution in [2.24, 2.45) is 0 Å². The number of carbonyl (C=O) groups excluding carboxylic acids is 2. The van der Waals surface area contributed by atoms with E-state index in [0.29, 0.717) is 17.8 Å². The Morgan fingerprint density at radius 3 is 2.07 bits per heavy atom. The fourth-order valence-corrected chi connectivity index (χ4v) is 3.21. The van der Waals surface area contributed by atoms with E-state index >= 15 is 0 Å². The molecule has 0 heterocycles. The molecule has 3 aromatic carbocycles. The van der Waals surface area contributed by atoms with Gasteiger partial charge in [0, 0.05) is 29.5 Å². The van der Waals surface area contributed by atoms with Crippen LogP contribution in [0.4, 0.5) is 11.4 Å². The van der Waals surface area contributed by atoms with Crippen molar-refractivity contribution in [2.45, 2.75) is 19.9 Å². The fourth-order valence-electron chi connectivity index (χ4n) is 3.21. The summed E-state index contributed by atoms with van der Waals surface area (Å²) in [5.41, 5.74) is 3.23. The van der Waals surface area contributed by atoms with Crippen molar-refractivity contribution in [1.82, 2.24) is 5.32 Å². The lowest BCUT2D eigenvalue weighted by molar-refractivity contribution is -0.115. The number of amides is 2. The second-order valence-electron chi connectivity index (χ2n) is 7.02. The van der Waals surface area contributed by atoms with Gasteiger partial charge < -0.3 is 15.5 Å². The fraction of sp³-hybridized carbons (Fsp3) is 0.200. The molecular weight excluding hydrogens is 374 g/mol. The lowest BCUT2D eigenvalue weighted by Crippen LogP contribution is -2.31. The molecule has 2 N–H and O–H groups in total. The molecule has 5 nitrogen and oxygen atoms in total. The third kappa shape index (κ3) is 5.55. The molecule has 0 aliphatic rings. The molecule has 1 unspecified atom stereocenters. The standard InChI is InChI=1S/C25H27N3O2/c1-3-28(23-12-8-5-9-13-23)25(30)21-14-16-22(17-15-21)27-24(29)18-26-19(2)20-10-6-4-7-11-20/h4-17,19,26H,3,18H2,1-2H3,(H,27,29). The molecule has 0 aromatic heterocycles. The quantitative estimate of drug-likeness (QED) is 0.578. The van der Waals surface area contributed by atoms with E-state index in [1.807, 2.05) is 74.5 Å². The van der Waals surface area contributed by atoms with E-state index in [2.05, 4.69) is 10.6 Å². The van der Waals surface area contributed by atoms with Crippen molar-refractivity contribution >= 4 is 23.2 Å². The van der Waals surface area contributed by atoms with Gasteiger partial charge in [0.1, 0.15) is 0 Å². The molecule has 0 bridgehead atoms. The normalized spacial score (nSPS) is 11.5. The Bertz CT molecular complexity index is 957. The second-order valence-corrected chi connectivity index (χ2v) is 7.02. The highest BCUT2D eigenvalue weighted by Crippen LogP contribution is 2.18. The van der Waals surface area contributed by atoms with Gasteiger partial charge in [-0.15, -0.1) is 0 Å². The number of nitrogens with one attached hydrogen (secondary N) is 2. The molecule has 2 amide bonds. The molecule has 0 saturated heterocycles. The molecule has 1 atom stereocenters. The van der Waals surface area contributed by atoms with E-state index in [1.165, 1.54) is 0 Å². The number of hydrogen-bond donors (Lipinski definition) is 2. The van der Waals surface area contributed by atoms with E-state index < -0.39 is 0 Å². The second kappa shape index (κ2) is 10.4. The minimum Gasteiger partial charge on any atom is -0.325 e. The van der Waals surface area contributed by atoms with Crippen molar-refractivity contribution < 1.29 is 9.59 Å². The molecular formula is C25H27N3O2. The first kappa shape index (κ1) is 21.3. The van der Waals surface area contributed by atoms with Crippen LogP contribution in [0.2, 0.25) is 0 Å². The third-order valence-corrected chi connectivity index (χ3v) is 4.91. The largest absolute Gasteiger partial charge is 0.325 e. The molecule has 0 saturated carbocycles. The number of para-hydroxylation sites is 1. The van der Waals surface area contributed by atoms with Crippen LogP contribution in [0.25, 0.3) is 0 Å². The van der Waals surface area contributed by atoms with Crippen LogP contribution >= 0.6 is 0 Å². The van der Waals surface area contributed by atoms with Gasteiger partial charge in [0.15, 0.2) is 0 Å². The molecule has 3 rings (SSSR count). The molecule has 0 radical (unpaired) electrons. The zero-order valence-electron chi connectivity index (χ0n) is 17.3. The van der Waals surface area contributed by atoms with Gasteiger partial charge in [0.25, 0.3) is 5.91 Å². The Hall–Kier alpha value is -3.44. The third-order valence-electron chi connectivity index (χ3n) is 4.91. The molecule has 0 aliphatic heterocycles. The Labute approximate surface area is 177 Å². The monoisotopic (exact) mass is 401 g/mol. The predicted molar refractivity (Wildman–Crippen MR) is 122 cm³/mol. The summed E-state index contributed by atoms with van der Waals surface area (Å²) in [7, 11) is 0. The highest BCUT2D eigenvalue weighted by molar-refractivity contribution is 6.06. The van der Waals surface area contributed by atoms with Crippen LogP contribution in [-0.2, 0) is 4.79 Å². The van der Waals surface area contributed by atoms with Crippen molar-refractivity contribution in [2.75, 3.05) is 23.3 Å². The number of anilines is 2. The van der Waals surface area contributed by atoms with E-state index in [-0.39, 0.29) is 24.4 Å². The number of hydrogen-bond acceptors (Lipinski definition) is 3. The maximum absolute atomic E-state index is 12.9. The first-order valence-electron chi connectivity index (χ1n) is 10.1. The molecule has 0 aliphatic carbocycles. The molecule has 3 aromatic rings. The summed E-state index contributed by atoms with van der Waals surface area (Å²) in [5, 5.41) is 6.08. The topological polar surface area (TPSA) is 61.4 Å². The summed E-state index contributed by atoms with van der Waals surface area (Å²) in [6, 6.07) is 26.6. The number of carbonyl (C=O) groups is 2. The van der Waals surface area contributed by atoms with Crippen molar-refractivity contribution in [3.8, 4) is 0 Å². The van der Waals surface area contributed by atoms with Crippen LogP contribution in [0.1, 0.15) is 35.8 Å². The Kier molecular flexibility index (Phi) is 7.35. The Morgan fingerprint density at radius 1 is 0.867 bits per heavy atom. The van der Waals surface area contributed by atoms with E-state index in [4.69, 9.17) is 0 Å². The van der Waals surface area contributed by atoms with Crippen LogP contribution in [0, 0.1) is 0 Å². The van der Waals surface area contributed by atoms with E-state index in [1.54, 1.807) is 29.2 Å². The average molecular weight is 402 g/mol. The molecule has 0 spiro atoms. The summed E-state index contributed by atoms with van der Waals surface area (Å²) in [4.78, 5) is 26.8. The number of nitrogens with zero attached hydrogens (tertiary/aromatic N) is 1. The highest BCUT2D eigenvalue weighted by atomic mass is 16.2.